The van der Waals surface area contributed by atoms with E-state index in [0.29, 0.717) is 6.04 Å². The number of hydrogen-bond donors (Lipinski definition) is 1. The zero-order valence-corrected chi connectivity index (χ0v) is 7.91. The van der Waals surface area contributed by atoms with Gasteiger partial charge in [-0.3, -0.25) is 9.80 Å². The molecule has 2 rings (SSSR count). The molecule has 0 aliphatic carbocycles. The van der Waals surface area contributed by atoms with Gasteiger partial charge in [0, 0.05) is 32.1 Å². The van der Waals surface area contributed by atoms with E-state index in [1.165, 1.54) is 0 Å². The van der Waals surface area contributed by atoms with E-state index in [9.17, 15) is 4.79 Å². The number of nitrogens with zero attached hydrogens (tertiary/aromatic N) is 2. The van der Waals surface area contributed by atoms with Gasteiger partial charge in [-0.15, -0.1) is 0 Å². The van der Waals surface area contributed by atoms with Crippen LogP contribution in [0.3, 0.4) is 0 Å². The molecule has 2 aliphatic rings. The van der Waals surface area contributed by atoms with Gasteiger partial charge in [0.25, 0.3) is 0 Å². The van der Waals surface area contributed by atoms with Crippen molar-refractivity contribution in [2.24, 2.45) is 5.73 Å². The summed E-state index contributed by atoms with van der Waals surface area (Å²) in [5.74, 6) is 0.287. The second-order valence-electron chi connectivity index (χ2n) is 3.91. The lowest BCUT2D eigenvalue weighted by atomic mass is 10.1. The average Bonchev–Trinajstić information content (AvgIpc) is 2.53. The topological polar surface area (TPSA) is 49.6 Å². The predicted octanol–water partition coefficient (Wildman–Crippen LogP) is -0.0531. The van der Waals surface area contributed by atoms with Crippen LogP contribution in [0.5, 0.6) is 0 Å². The van der Waals surface area contributed by atoms with E-state index in [2.05, 4.69) is 5.01 Å². The number of amides is 1. The number of rotatable bonds is 1. The first kappa shape index (κ1) is 8.97. The highest BCUT2D eigenvalue weighted by atomic mass is 16.2. The first-order valence-corrected chi connectivity index (χ1v) is 5.08. The third-order valence-corrected chi connectivity index (χ3v) is 2.91. The van der Waals surface area contributed by atoms with Crippen LogP contribution in [0.2, 0.25) is 0 Å². The van der Waals surface area contributed by atoms with E-state index in [1.807, 2.05) is 5.01 Å². The molecule has 0 saturated carbocycles. The van der Waals surface area contributed by atoms with Crippen LogP contribution in [0.15, 0.2) is 0 Å². The maximum atomic E-state index is 11.4. The normalized spacial score (nSPS) is 27.2. The first-order valence-electron chi connectivity index (χ1n) is 5.08. The Hall–Kier alpha value is -0.610. The Labute approximate surface area is 78.6 Å². The maximum absolute atomic E-state index is 11.4. The zero-order chi connectivity index (χ0) is 9.26. The molecule has 2 fully saturated rings. The molecule has 0 aromatic carbocycles. The molecule has 2 heterocycles. The maximum Gasteiger partial charge on any atom is 0.236 e. The van der Waals surface area contributed by atoms with E-state index in [4.69, 9.17) is 5.73 Å². The third-order valence-electron chi connectivity index (χ3n) is 2.91. The lowest BCUT2D eigenvalue weighted by Gasteiger charge is -2.36. The standard InChI is InChI=1S/C9H17N3O/c10-8-3-6-11(7-4-8)12-5-1-2-9(12)13/h8H,1-7,10H2. The largest absolute Gasteiger partial charge is 0.328 e. The average molecular weight is 183 g/mol. The van der Waals surface area contributed by atoms with Crippen LogP contribution in [0.1, 0.15) is 25.7 Å². The number of carbonyl (C=O) groups is 1. The van der Waals surface area contributed by atoms with Gasteiger partial charge in [-0.25, -0.2) is 5.01 Å². The molecule has 4 heteroatoms. The highest BCUT2D eigenvalue weighted by molar-refractivity contribution is 5.77. The highest BCUT2D eigenvalue weighted by Crippen LogP contribution is 2.17. The number of carbonyl (C=O) groups excluding carboxylic acids is 1. The Morgan fingerprint density at radius 2 is 1.92 bits per heavy atom. The molecule has 0 spiro atoms. The van der Waals surface area contributed by atoms with Crippen molar-refractivity contribution in [1.29, 1.82) is 0 Å². The van der Waals surface area contributed by atoms with Crippen LogP contribution in [-0.2, 0) is 4.79 Å². The van der Waals surface area contributed by atoms with Gasteiger partial charge < -0.3 is 5.73 Å². The van der Waals surface area contributed by atoms with E-state index < -0.39 is 0 Å². The fraction of sp³-hybridized carbons (Fsp3) is 0.889. The zero-order valence-electron chi connectivity index (χ0n) is 7.91. The second kappa shape index (κ2) is 3.64. The van der Waals surface area contributed by atoms with E-state index >= 15 is 0 Å². The van der Waals surface area contributed by atoms with Gasteiger partial charge in [-0.05, 0) is 19.3 Å². The summed E-state index contributed by atoms with van der Waals surface area (Å²) in [4.78, 5) is 11.4. The number of hydrazine groups is 1. The molecule has 0 unspecified atom stereocenters. The van der Waals surface area contributed by atoms with Crippen LogP contribution in [0, 0.1) is 0 Å². The number of nitrogens with two attached hydrogens (primary N) is 1. The molecular weight excluding hydrogens is 166 g/mol. The molecule has 4 nitrogen and oxygen atoms in total. The van der Waals surface area contributed by atoms with Crippen LogP contribution in [0.4, 0.5) is 0 Å². The summed E-state index contributed by atoms with van der Waals surface area (Å²) in [5, 5.41) is 4.07. The van der Waals surface area contributed by atoms with Gasteiger partial charge in [0.05, 0.1) is 0 Å². The fourth-order valence-electron chi connectivity index (χ4n) is 2.06. The molecule has 0 bridgehead atoms. The Bertz CT molecular complexity index is 199. The summed E-state index contributed by atoms with van der Waals surface area (Å²) in [5.41, 5.74) is 5.80. The molecule has 74 valence electrons. The van der Waals surface area contributed by atoms with E-state index in [0.717, 1.165) is 45.3 Å². The predicted molar refractivity (Wildman–Crippen MR) is 49.7 cm³/mol. The second-order valence-corrected chi connectivity index (χ2v) is 3.91. The molecule has 0 atom stereocenters. The monoisotopic (exact) mass is 183 g/mol. The van der Waals surface area contributed by atoms with Gasteiger partial charge in [-0.1, -0.05) is 0 Å². The Balaban J connectivity index is 1.90. The summed E-state index contributed by atoms with van der Waals surface area (Å²) in [7, 11) is 0. The molecule has 0 aromatic heterocycles. The van der Waals surface area contributed by atoms with Crippen molar-refractivity contribution in [2.45, 2.75) is 31.7 Å². The van der Waals surface area contributed by atoms with Crippen molar-refractivity contribution in [3.05, 3.63) is 0 Å². The van der Waals surface area contributed by atoms with Gasteiger partial charge in [-0.2, -0.15) is 0 Å². The van der Waals surface area contributed by atoms with Crippen molar-refractivity contribution >= 4 is 5.91 Å². The van der Waals surface area contributed by atoms with E-state index in [1.54, 1.807) is 0 Å². The number of hydrogen-bond acceptors (Lipinski definition) is 3. The number of piperidine rings is 1. The third kappa shape index (κ3) is 1.84. The minimum absolute atomic E-state index is 0.287. The van der Waals surface area contributed by atoms with Gasteiger partial charge >= 0.3 is 0 Å². The van der Waals surface area contributed by atoms with Gasteiger partial charge in [0.1, 0.15) is 0 Å². The lowest BCUT2D eigenvalue weighted by Crippen LogP contribution is -2.49. The van der Waals surface area contributed by atoms with Crippen LogP contribution < -0.4 is 5.73 Å². The molecule has 1 amide bonds. The minimum atomic E-state index is 0.287. The van der Waals surface area contributed by atoms with Gasteiger partial charge in [0.2, 0.25) is 5.91 Å². The summed E-state index contributed by atoms with van der Waals surface area (Å²) >= 11 is 0. The SMILES string of the molecule is NC1CCN(N2CCCC2=O)CC1. The highest BCUT2D eigenvalue weighted by Gasteiger charge is 2.28. The van der Waals surface area contributed by atoms with E-state index in [-0.39, 0.29) is 5.91 Å². The van der Waals surface area contributed by atoms with Crippen LogP contribution >= 0.6 is 0 Å². The Morgan fingerprint density at radius 1 is 1.23 bits per heavy atom. The molecule has 2 saturated heterocycles. The van der Waals surface area contributed by atoms with Crippen molar-refractivity contribution < 1.29 is 4.79 Å². The van der Waals surface area contributed by atoms with Crippen molar-refractivity contribution in [3.63, 3.8) is 0 Å². The van der Waals surface area contributed by atoms with Gasteiger partial charge in [0.15, 0.2) is 0 Å². The summed E-state index contributed by atoms with van der Waals surface area (Å²) in [6, 6.07) is 0.342. The van der Waals surface area contributed by atoms with Crippen molar-refractivity contribution in [1.82, 2.24) is 10.0 Å². The Morgan fingerprint density at radius 3 is 2.46 bits per heavy atom. The minimum Gasteiger partial charge on any atom is -0.328 e. The van der Waals surface area contributed by atoms with Crippen molar-refractivity contribution in [3.8, 4) is 0 Å². The molecule has 2 aliphatic heterocycles. The van der Waals surface area contributed by atoms with Crippen LogP contribution in [-0.4, -0.2) is 41.6 Å². The molecule has 2 N–H and O–H groups in total. The lowest BCUT2D eigenvalue weighted by molar-refractivity contribution is -0.145. The first-order chi connectivity index (χ1) is 6.27. The molecule has 0 aromatic rings. The molecular formula is C9H17N3O. The quantitative estimate of drug-likeness (QED) is 0.620. The molecule has 13 heavy (non-hydrogen) atoms. The summed E-state index contributed by atoms with van der Waals surface area (Å²) in [6.07, 6.45) is 3.78. The fourth-order valence-corrected chi connectivity index (χ4v) is 2.06. The van der Waals surface area contributed by atoms with Crippen LogP contribution in [0.25, 0.3) is 0 Å². The Kier molecular flexibility index (Phi) is 2.51. The summed E-state index contributed by atoms with van der Waals surface area (Å²) in [6.45, 7) is 2.81. The molecule has 0 radical (unpaired) electrons. The smallest absolute Gasteiger partial charge is 0.236 e. The summed E-state index contributed by atoms with van der Waals surface area (Å²) < 4.78 is 0. The van der Waals surface area contributed by atoms with Crippen molar-refractivity contribution in [2.75, 3.05) is 19.6 Å².